The molecule has 31 heavy (non-hydrogen) atoms. The molecule has 0 saturated carbocycles. The zero-order valence-corrected chi connectivity index (χ0v) is 21.9. The van der Waals surface area contributed by atoms with Crippen molar-refractivity contribution in [1.29, 1.82) is 0 Å². The molecule has 3 rings (SSSR count). The molecule has 0 N–H and O–H groups in total. The van der Waals surface area contributed by atoms with Gasteiger partial charge in [0.05, 0.1) is 0 Å². The fourth-order valence-electron chi connectivity index (χ4n) is 3.78. The molecule has 0 radical (unpaired) electrons. The maximum absolute atomic E-state index is 2.43. The summed E-state index contributed by atoms with van der Waals surface area (Å²) in [6, 6.07) is 18.0. The van der Waals surface area contributed by atoms with Gasteiger partial charge in [-0.05, 0) is 71.9 Å². The first-order chi connectivity index (χ1) is 14.6. The third-order valence-corrected chi connectivity index (χ3v) is 6.41. The SMILES string of the molecule is CC.CSc1cccc(N(C2=CC=C(C(C)(C)C)CC2)c2ccc(C(C)(C)C)cc2)c1. The van der Waals surface area contributed by atoms with Crippen molar-refractivity contribution in [2.45, 2.75) is 78.5 Å². The highest BCUT2D eigenvalue weighted by atomic mass is 32.2. The minimum Gasteiger partial charge on any atom is -0.314 e. The zero-order valence-electron chi connectivity index (χ0n) is 21.0. The third kappa shape index (κ3) is 6.53. The largest absolute Gasteiger partial charge is 0.314 e. The van der Waals surface area contributed by atoms with Crippen LogP contribution >= 0.6 is 11.8 Å². The third-order valence-electron chi connectivity index (χ3n) is 5.68. The molecule has 0 aromatic heterocycles. The summed E-state index contributed by atoms with van der Waals surface area (Å²) in [4.78, 5) is 3.73. The minimum absolute atomic E-state index is 0.163. The summed E-state index contributed by atoms with van der Waals surface area (Å²) >= 11 is 1.79. The van der Waals surface area contributed by atoms with E-state index in [1.807, 2.05) is 13.8 Å². The maximum Gasteiger partial charge on any atom is 0.0469 e. The number of allylic oxidation sites excluding steroid dienone is 4. The van der Waals surface area contributed by atoms with Crippen LogP contribution in [-0.2, 0) is 5.41 Å². The Balaban J connectivity index is 0.00000166. The summed E-state index contributed by atoms with van der Waals surface area (Å²) in [5.74, 6) is 0. The summed E-state index contributed by atoms with van der Waals surface area (Å²) in [5.41, 5.74) is 7.12. The highest BCUT2D eigenvalue weighted by molar-refractivity contribution is 7.98. The van der Waals surface area contributed by atoms with Crippen LogP contribution in [0.2, 0.25) is 0 Å². The Bertz CT molecular complexity index is 905. The van der Waals surface area contributed by atoms with Gasteiger partial charge in [0.25, 0.3) is 0 Å². The topological polar surface area (TPSA) is 3.24 Å². The Morgan fingerprint density at radius 1 is 0.742 bits per heavy atom. The van der Waals surface area contributed by atoms with Gasteiger partial charge in [-0.3, -0.25) is 0 Å². The van der Waals surface area contributed by atoms with E-state index in [1.165, 1.54) is 33.1 Å². The standard InChI is InChI=1S/C27H35NS.C2H6/c1-26(2,3)20-11-15-22(16-12-20)28(24-9-8-10-25(19-24)29-7)23-17-13-21(14-18-23)27(4,5)6;1-2/h8-13,15-17,19H,14,18H2,1-7H3;1-2H3. The zero-order chi connectivity index (χ0) is 23.2. The van der Waals surface area contributed by atoms with Gasteiger partial charge in [-0.2, -0.15) is 0 Å². The number of anilines is 2. The first-order valence-corrected chi connectivity index (χ1v) is 12.8. The highest BCUT2D eigenvalue weighted by Gasteiger charge is 2.23. The van der Waals surface area contributed by atoms with Crippen LogP contribution in [0.5, 0.6) is 0 Å². The van der Waals surface area contributed by atoms with E-state index in [9.17, 15) is 0 Å². The van der Waals surface area contributed by atoms with Crippen molar-refractivity contribution in [3.05, 3.63) is 77.5 Å². The van der Waals surface area contributed by atoms with Crippen LogP contribution in [0.25, 0.3) is 0 Å². The van der Waals surface area contributed by atoms with Gasteiger partial charge in [0.1, 0.15) is 0 Å². The molecular formula is C29H41NS. The molecule has 0 saturated heterocycles. The molecule has 0 fully saturated rings. The van der Waals surface area contributed by atoms with Gasteiger partial charge in [-0.15, -0.1) is 11.8 Å². The fourth-order valence-corrected chi connectivity index (χ4v) is 4.23. The van der Waals surface area contributed by atoms with E-state index in [4.69, 9.17) is 0 Å². The summed E-state index contributed by atoms with van der Waals surface area (Å²) < 4.78 is 0. The van der Waals surface area contributed by atoms with E-state index in [0.717, 1.165) is 12.8 Å². The Labute approximate surface area is 195 Å². The molecule has 2 aromatic rings. The van der Waals surface area contributed by atoms with E-state index < -0.39 is 0 Å². The van der Waals surface area contributed by atoms with Crippen molar-refractivity contribution in [3.8, 4) is 0 Å². The van der Waals surface area contributed by atoms with Crippen molar-refractivity contribution < 1.29 is 0 Å². The van der Waals surface area contributed by atoms with Crippen molar-refractivity contribution in [1.82, 2.24) is 0 Å². The van der Waals surface area contributed by atoms with E-state index in [2.05, 4.69) is 113 Å². The molecular weight excluding hydrogens is 394 g/mol. The highest BCUT2D eigenvalue weighted by Crippen LogP contribution is 2.39. The van der Waals surface area contributed by atoms with Crippen LogP contribution in [0.3, 0.4) is 0 Å². The molecule has 0 atom stereocenters. The van der Waals surface area contributed by atoms with Gasteiger partial charge >= 0.3 is 0 Å². The summed E-state index contributed by atoms with van der Waals surface area (Å²) in [7, 11) is 0. The number of hydrogen-bond acceptors (Lipinski definition) is 2. The second kappa shape index (κ2) is 10.6. The summed E-state index contributed by atoms with van der Waals surface area (Å²) in [6.07, 6.45) is 8.99. The average molecular weight is 436 g/mol. The lowest BCUT2D eigenvalue weighted by molar-refractivity contribution is 0.479. The first kappa shape index (κ1) is 25.3. The molecule has 2 heteroatoms. The minimum atomic E-state index is 0.163. The Kier molecular flexibility index (Phi) is 8.65. The number of benzene rings is 2. The van der Waals surface area contributed by atoms with E-state index in [1.54, 1.807) is 11.8 Å². The number of thioether (sulfide) groups is 1. The number of hydrogen-bond donors (Lipinski definition) is 0. The van der Waals surface area contributed by atoms with Gasteiger partial charge in [0, 0.05) is 22.0 Å². The molecule has 0 amide bonds. The molecule has 0 spiro atoms. The molecule has 1 nitrogen and oxygen atoms in total. The van der Waals surface area contributed by atoms with Crippen molar-refractivity contribution in [3.63, 3.8) is 0 Å². The fraction of sp³-hybridized carbons (Fsp3) is 0.448. The lowest BCUT2D eigenvalue weighted by Gasteiger charge is -2.33. The van der Waals surface area contributed by atoms with Gasteiger partial charge in [-0.25, -0.2) is 0 Å². The monoisotopic (exact) mass is 435 g/mol. The van der Waals surface area contributed by atoms with Crippen LogP contribution in [0.1, 0.15) is 73.8 Å². The maximum atomic E-state index is 2.43. The smallest absolute Gasteiger partial charge is 0.0469 e. The van der Waals surface area contributed by atoms with Crippen LogP contribution < -0.4 is 4.90 Å². The average Bonchev–Trinajstić information content (AvgIpc) is 2.75. The van der Waals surface area contributed by atoms with Crippen molar-refractivity contribution >= 4 is 23.1 Å². The van der Waals surface area contributed by atoms with Crippen LogP contribution in [-0.4, -0.2) is 6.26 Å². The van der Waals surface area contributed by atoms with Gasteiger partial charge < -0.3 is 4.90 Å². The van der Waals surface area contributed by atoms with E-state index in [0.29, 0.717) is 0 Å². The van der Waals surface area contributed by atoms with Gasteiger partial charge in [0.2, 0.25) is 0 Å². The Morgan fingerprint density at radius 3 is 1.87 bits per heavy atom. The molecule has 0 bridgehead atoms. The number of rotatable bonds is 4. The van der Waals surface area contributed by atoms with Gasteiger partial charge in [0.15, 0.2) is 0 Å². The van der Waals surface area contributed by atoms with E-state index >= 15 is 0 Å². The summed E-state index contributed by atoms with van der Waals surface area (Å²) in [6.45, 7) is 17.7. The first-order valence-electron chi connectivity index (χ1n) is 11.5. The van der Waals surface area contributed by atoms with Crippen molar-refractivity contribution in [2.75, 3.05) is 11.2 Å². The summed E-state index contributed by atoms with van der Waals surface area (Å²) in [5, 5.41) is 0. The van der Waals surface area contributed by atoms with Crippen LogP contribution in [0.4, 0.5) is 11.4 Å². The lowest BCUT2D eigenvalue weighted by Crippen LogP contribution is -2.20. The second-order valence-corrected chi connectivity index (χ2v) is 10.8. The lowest BCUT2D eigenvalue weighted by atomic mass is 9.81. The van der Waals surface area contributed by atoms with Gasteiger partial charge in [-0.1, -0.05) is 85.2 Å². The molecule has 1 aliphatic carbocycles. The molecule has 168 valence electrons. The molecule has 0 heterocycles. The predicted octanol–water partition coefficient (Wildman–Crippen LogP) is 9.52. The second-order valence-electron chi connectivity index (χ2n) is 9.93. The Hall–Kier alpha value is -1.93. The molecule has 1 aliphatic rings. The normalized spacial score (nSPS) is 14.2. The number of nitrogens with zero attached hydrogens (tertiary/aromatic N) is 1. The Morgan fingerprint density at radius 2 is 1.39 bits per heavy atom. The molecule has 2 aromatic carbocycles. The molecule has 0 unspecified atom stereocenters. The predicted molar refractivity (Wildman–Crippen MR) is 142 cm³/mol. The van der Waals surface area contributed by atoms with E-state index in [-0.39, 0.29) is 10.8 Å². The van der Waals surface area contributed by atoms with Crippen molar-refractivity contribution in [2.24, 2.45) is 5.41 Å². The quantitative estimate of drug-likeness (QED) is 0.440. The van der Waals surface area contributed by atoms with Crippen LogP contribution in [0, 0.1) is 5.41 Å². The van der Waals surface area contributed by atoms with Crippen LogP contribution in [0.15, 0.2) is 76.8 Å². The molecule has 0 aliphatic heterocycles.